The molecule has 0 radical (unpaired) electrons. The number of carbonyl (C=O) groups is 1. The van der Waals surface area contributed by atoms with Crippen LogP contribution in [-0.2, 0) is 11.2 Å². The molecule has 2 aromatic carbocycles. The molecule has 20 heavy (non-hydrogen) atoms. The van der Waals surface area contributed by atoms with Gasteiger partial charge in [-0.2, -0.15) is 0 Å². The number of halogens is 3. The lowest BCUT2D eigenvalue weighted by atomic mass is 10.0. The fraction of sp³-hybridized carbons (Fsp3) is 0.133. The van der Waals surface area contributed by atoms with Crippen molar-refractivity contribution in [3.05, 3.63) is 64.7 Å². The number of carbonyl (C=O) groups excluding carboxylic acids is 1. The molecular formula is C15H10BrF2NO. The summed E-state index contributed by atoms with van der Waals surface area (Å²) >= 11 is 3.45. The maximum absolute atomic E-state index is 13.3. The number of amides is 1. The molecular weight excluding hydrogens is 328 g/mol. The average molecular weight is 338 g/mol. The van der Waals surface area contributed by atoms with Crippen LogP contribution in [0.5, 0.6) is 0 Å². The number of anilines is 1. The van der Waals surface area contributed by atoms with Crippen molar-refractivity contribution < 1.29 is 13.6 Å². The molecule has 1 aliphatic heterocycles. The Kier molecular flexibility index (Phi) is 3.30. The second-order valence-electron chi connectivity index (χ2n) is 4.71. The van der Waals surface area contributed by atoms with Gasteiger partial charge in [-0.3, -0.25) is 4.79 Å². The van der Waals surface area contributed by atoms with Crippen LogP contribution in [0.3, 0.4) is 0 Å². The lowest BCUT2D eigenvalue weighted by Gasteiger charge is -2.12. The Morgan fingerprint density at radius 1 is 1.05 bits per heavy atom. The molecule has 0 saturated carbocycles. The van der Waals surface area contributed by atoms with Crippen LogP contribution in [-0.4, -0.2) is 5.91 Å². The van der Waals surface area contributed by atoms with Gasteiger partial charge in [-0.25, -0.2) is 8.78 Å². The fourth-order valence-electron chi connectivity index (χ4n) is 2.32. The summed E-state index contributed by atoms with van der Waals surface area (Å²) in [7, 11) is 0. The normalized spacial score (nSPS) is 14.8. The van der Waals surface area contributed by atoms with E-state index in [2.05, 4.69) is 21.2 Å². The number of nitrogens with one attached hydrogen (secondary N) is 1. The SMILES string of the molecule is O=C1Cc2cc(C(Br)c3cc(F)cc(F)c3)ccc2N1. The number of benzene rings is 2. The zero-order valence-electron chi connectivity index (χ0n) is 10.3. The average Bonchev–Trinajstić information content (AvgIpc) is 2.75. The first-order valence-corrected chi connectivity index (χ1v) is 6.97. The van der Waals surface area contributed by atoms with E-state index in [1.165, 1.54) is 12.1 Å². The molecule has 3 rings (SSSR count). The van der Waals surface area contributed by atoms with Gasteiger partial charge in [0.1, 0.15) is 11.6 Å². The maximum Gasteiger partial charge on any atom is 0.228 e. The van der Waals surface area contributed by atoms with Gasteiger partial charge in [0.25, 0.3) is 0 Å². The molecule has 1 atom stereocenters. The first-order chi connectivity index (χ1) is 9.52. The van der Waals surface area contributed by atoms with Gasteiger partial charge in [-0.1, -0.05) is 28.1 Å². The first kappa shape index (κ1) is 13.2. The third-order valence-electron chi connectivity index (χ3n) is 3.22. The van der Waals surface area contributed by atoms with Crippen LogP contribution in [0.1, 0.15) is 21.5 Å². The number of fused-ring (bicyclic) bond motifs is 1. The third-order valence-corrected chi connectivity index (χ3v) is 4.28. The van der Waals surface area contributed by atoms with E-state index in [9.17, 15) is 13.6 Å². The van der Waals surface area contributed by atoms with Crippen LogP contribution in [0.25, 0.3) is 0 Å². The molecule has 2 aromatic rings. The van der Waals surface area contributed by atoms with E-state index >= 15 is 0 Å². The third kappa shape index (κ3) is 2.45. The Bertz CT molecular complexity index is 682. The largest absolute Gasteiger partial charge is 0.326 e. The van der Waals surface area contributed by atoms with Gasteiger partial charge in [0, 0.05) is 11.8 Å². The van der Waals surface area contributed by atoms with Crippen molar-refractivity contribution in [2.75, 3.05) is 5.32 Å². The highest BCUT2D eigenvalue weighted by Crippen LogP contribution is 2.34. The Hall–Kier alpha value is -1.75. The Labute approximate surface area is 122 Å². The molecule has 0 bridgehead atoms. The lowest BCUT2D eigenvalue weighted by Crippen LogP contribution is -2.03. The highest BCUT2D eigenvalue weighted by Gasteiger charge is 2.20. The monoisotopic (exact) mass is 337 g/mol. The number of hydrogen-bond donors (Lipinski definition) is 1. The molecule has 0 spiro atoms. The molecule has 0 fully saturated rings. The molecule has 1 heterocycles. The molecule has 1 aliphatic rings. The van der Waals surface area contributed by atoms with Gasteiger partial charge in [0.05, 0.1) is 11.2 Å². The van der Waals surface area contributed by atoms with E-state index in [0.717, 1.165) is 22.9 Å². The quantitative estimate of drug-likeness (QED) is 0.826. The fourth-order valence-corrected chi connectivity index (χ4v) is 2.87. The number of hydrogen-bond acceptors (Lipinski definition) is 1. The van der Waals surface area contributed by atoms with Gasteiger partial charge in [-0.15, -0.1) is 0 Å². The Morgan fingerprint density at radius 2 is 1.75 bits per heavy atom. The molecule has 5 heteroatoms. The van der Waals surface area contributed by atoms with Crippen LogP contribution < -0.4 is 5.32 Å². The molecule has 1 unspecified atom stereocenters. The van der Waals surface area contributed by atoms with Gasteiger partial charge in [0.15, 0.2) is 0 Å². The summed E-state index contributed by atoms with van der Waals surface area (Å²) in [6.07, 6.45) is 0.334. The summed E-state index contributed by atoms with van der Waals surface area (Å²) in [4.78, 5) is 11.0. The number of alkyl halides is 1. The summed E-state index contributed by atoms with van der Waals surface area (Å²) in [6, 6.07) is 8.92. The Balaban J connectivity index is 1.97. The van der Waals surface area contributed by atoms with Crippen molar-refractivity contribution in [1.82, 2.24) is 0 Å². The molecule has 2 nitrogen and oxygen atoms in total. The second-order valence-corrected chi connectivity index (χ2v) is 5.62. The molecule has 0 saturated heterocycles. The topological polar surface area (TPSA) is 29.1 Å². The summed E-state index contributed by atoms with van der Waals surface area (Å²) in [6.45, 7) is 0. The minimum atomic E-state index is -0.609. The van der Waals surface area contributed by atoms with E-state index in [1.54, 1.807) is 6.07 Å². The van der Waals surface area contributed by atoms with Gasteiger partial charge in [-0.05, 0) is 34.9 Å². The van der Waals surface area contributed by atoms with Crippen LogP contribution in [0.4, 0.5) is 14.5 Å². The van der Waals surface area contributed by atoms with Gasteiger partial charge in [0.2, 0.25) is 5.91 Å². The highest BCUT2D eigenvalue weighted by atomic mass is 79.9. The zero-order valence-corrected chi connectivity index (χ0v) is 11.9. The van der Waals surface area contributed by atoms with E-state index < -0.39 is 11.6 Å². The van der Waals surface area contributed by atoms with E-state index in [1.807, 2.05) is 12.1 Å². The van der Waals surface area contributed by atoms with Crippen LogP contribution >= 0.6 is 15.9 Å². The van der Waals surface area contributed by atoms with Gasteiger partial charge < -0.3 is 5.32 Å². The van der Waals surface area contributed by atoms with E-state index in [-0.39, 0.29) is 10.7 Å². The van der Waals surface area contributed by atoms with Crippen LogP contribution in [0.2, 0.25) is 0 Å². The highest BCUT2D eigenvalue weighted by molar-refractivity contribution is 9.09. The molecule has 1 amide bonds. The standard InChI is InChI=1S/C15H10BrF2NO/c16-15(10-4-11(17)7-12(18)5-10)8-1-2-13-9(3-8)6-14(20)19-13/h1-5,7,15H,6H2,(H,19,20). The first-order valence-electron chi connectivity index (χ1n) is 6.05. The van der Waals surface area contributed by atoms with Crippen molar-refractivity contribution in [1.29, 1.82) is 0 Å². The van der Waals surface area contributed by atoms with Crippen molar-refractivity contribution in [3.63, 3.8) is 0 Å². The van der Waals surface area contributed by atoms with Crippen LogP contribution in [0.15, 0.2) is 36.4 Å². The minimum Gasteiger partial charge on any atom is -0.326 e. The molecule has 0 aliphatic carbocycles. The molecule has 102 valence electrons. The van der Waals surface area contributed by atoms with Crippen molar-refractivity contribution in [2.24, 2.45) is 0 Å². The Morgan fingerprint density at radius 3 is 2.45 bits per heavy atom. The number of rotatable bonds is 2. The summed E-state index contributed by atoms with van der Waals surface area (Å²) in [5, 5.41) is 2.75. The van der Waals surface area contributed by atoms with E-state index in [0.29, 0.717) is 12.0 Å². The summed E-state index contributed by atoms with van der Waals surface area (Å²) in [5.74, 6) is -1.26. The van der Waals surface area contributed by atoms with Crippen molar-refractivity contribution in [2.45, 2.75) is 11.2 Å². The van der Waals surface area contributed by atoms with E-state index in [4.69, 9.17) is 0 Å². The summed E-state index contributed by atoms with van der Waals surface area (Å²) < 4.78 is 26.5. The zero-order chi connectivity index (χ0) is 14.3. The smallest absolute Gasteiger partial charge is 0.228 e. The van der Waals surface area contributed by atoms with Crippen molar-refractivity contribution in [3.8, 4) is 0 Å². The van der Waals surface area contributed by atoms with Crippen LogP contribution in [0, 0.1) is 11.6 Å². The molecule has 0 aromatic heterocycles. The van der Waals surface area contributed by atoms with Gasteiger partial charge >= 0.3 is 0 Å². The summed E-state index contributed by atoms with van der Waals surface area (Å²) in [5.41, 5.74) is 3.04. The predicted octanol–water partition coefficient (Wildman–Crippen LogP) is 3.94. The second kappa shape index (κ2) is 4.98. The van der Waals surface area contributed by atoms with Crippen molar-refractivity contribution >= 4 is 27.5 Å². The lowest BCUT2D eigenvalue weighted by molar-refractivity contribution is -0.115. The maximum atomic E-state index is 13.3. The predicted molar refractivity (Wildman–Crippen MR) is 75.9 cm³/mol. The molecule has 1 N–H and O–H groups in total. The minimum absolute atomic E-state index is 0.0416.